The van der Waals surface area contributed by atoms with Crippen LogP contribution in [0.2, 0.25) is 0 Å². The van der Waals surface area contributed by atoms with Crippen LogP contribution in [0.25, 0.3) is 10.2 Å². The summed E-state index contributed by atoms with van der Waals surface area (Å²) in [6.45, 7) is 1.54. The fraction of sp³-hybridized carbons (Fsp3) is 0.222. The Morgan fingerprint density at radius 1 is 1.14 bits per heavy atom. The lowest BCUT2D eigenvalue weighted by Gasteiger charge is -2.07. The van der Waals surface area contributed by atoms with Crippen LogP contribution in [0.5, 0.6) is 11.5 Å². The van der Waals surface area contributed by atoms with Crippen molar-refractivity contribution >= 4 is 48.3 Å². The van der Waals surface area contributed by atoms with Crippen molar-refractivity contribution in [3.8, 4) is 11.5 Å². The molecule has 2 aromatic carbocycles. The maximum Gasteiger partial charge on any atom is 0.257 e. The van der Waals surface area contributed by atoms with E-state index in [0.717, 1.165) is 4.70 Å². The number of benzene rings is 2. The second-order valence-corrected chi connectivity index (χ2v) is 8.78. The van der Waals surface area contributed by atoms with Gasteiger partial charge in [-0.05, 0) is 25.1 Å². The first-order valence-corrected chi connectivity index (χ1v) is 10.8. The molecule has 0 aliphatic rings. The number of ether oxygens (including phenoxy) is 2. The number of rotatable bonds is 7. The lowest BCUT2D eigenvalue weighted by molar-refractivity contribution is 0.102. The van der Waals surface area contributed by atoms with Crippen molar-refractivity contribution in [2.24, 2.45) is 0 Å². The average molecular weight is 422 g/mol. The van der Waals surface area contributed by atoms with E-state index in [1.807, 2.05) is 0 Å². The Hall–Kier alpha value is -2.85. The molecule has 28 heavy (non-hydrogen) atoms. The van der Waals surface area contributed by atoms with E-state index in [-0.39, 0.29) is 5.75 Å². The molecule has 1 aromatic heterocycles. The van der Waals surface area contributed by atoms with Gasteiger partial charge in [0.2, 0.25) is 10.0 Å². The van der Waals surface area contributed by atoms with Gasteiger partial charge in [-0.2, -0.15) is 0 Å². The number of carbonyl (C=O) groups is 1. The first kappa shape index (κ1) is 19.9. The second-order valence-electron chi connectivity index (χ2n) is 5.73. The van der Waals surface area contributed by atoms with Crippen molar-refractivity contribution in [1.29, 1.82) is 0 Å². The van der Waals surface area contributed by atoms with Crippen molar-refractivity contribution in [3.05, 3.63) is 42.0 Å². The molecule has 0 aliphatic carbocycles. The standard InChI is InChI=1S/C18H19N3O5S2/c1-4-28(23,24)21-12-7-5-6-11(8-12)17(22)20-18-19-13-9-14(25-2)15(26-3)10-16(13)27-18/h5-10,21H,4H2,1-3H3,(H,19,20,22). The Morgan fingerprint density at radius 3 is 2.54 bits per heavy atom. The molecule has 0 aliphatic heterocycles. The summed E-state index contributed by atoms with van der Waals surface area (Å²) in [5, 5.41) is 3.15. The zero-order valence-electron chi connectivity index (χ0n) is 15.5. The van der Waals surface area contributed by atoms with Crippen LogP contribution in [0.15, 0.2) is 36.4 Å². The third kappa shape index (κ3) is 4.34. The summed E-state index contributed by atoms with van der Waals surface area (Å²) < 4.78 is 37.2. The van der Waals surface area contributed by atoms with Gasteiger partial charge < -0.3 is 9.47 Å². The molecular weight excluding hydrogens is 402 g/mol. The zero-order chi connectivity index (χ0) is 20.3. The van der Waals surface area contributed by atoms with Gasteiger partial charge in [-0.25, -0.2) is 13.4 Å². The number of sulfonamides is 1. The third-order valence-electron chi connectivity index (χ3n) is 3.89. The Morgan fingerprint density at radius 2 is 1.86 bits per heavy atom. The minimum atomic E-state index is -3.42. The van der Waals surface area contributed by atoms with Crippen LogP contribution in [-0.4, -0.2) is 39.3 Å². The molecule has 3 rings (SSSR count). The highest BCUT2D eigenvalue weighted by molar-refractivity contribution is 7.92. The van der Waals surface area contributed by atoms with Crippen LogP contribution >= 0.6 is 11.3 Å². The van der Waals surface area contributed by atoms with Crippen molar-refractivity contribution in [2.75, 3.05) is 30.0 Å². The minimum Gasteiger partial charge on any atom is -0.493 e. The second kappa shape index (κ2) is 8.03. The first-order chi connectivity index (χ1) is 13.3. The molecule has 0 saturated carbocycles. The number of amides is 1. The number of hydrogen-bond donors (Lipinski definition) is 2. The largest absolute Gasteiger partial charge is 0.493 e. The van der Waals surface area contributed by atoms with Crippen LogP contribution in [-0.2, 0) is 10.0 Å². The van der Waals surface area contributed by atoms with E-state index in [9.17, 15) is 13.2 Å². The van der Waals surface area contributed by atoms with E-state index in [4.69, 9.17) is 9.47 Å². The lowest BCUT2D eigenvalue weighted by Crippen LogP contribution is -2.16. The van der Waals surface area contributed by atoms with E-state index in [1.165, 1.54) is 24.3 Å². The van der Waals surface area contributed by atoms with E-state index >= 15 is 0 Å². The zero-order valence-corrected chi connectivity index (χ0v) is 17.1. The molecule has 0 radical (unpaired) electrons. The Balaban J connectivity index is 1.83. The topological polar surface area (TPSA) is 107 Å². The van der Waals surface area contributed by atoms with E-state index < -0.39 is 15.9 Å². The van der Waals surface area contributed by atoms with Crippen molar-refractivity contribution in [2.45, 2.75) is 6.92 Å². The number of carbonyl (C=O) groups excluding carboxylic acids is 1. The molecule has 0 spiro atoms. The van der Waals surface area contributed by atoms with Crippen LogP contribution in [0.1, 0.15) is 17.3 Å². The number of nitrogens with zero attached hydrogens (tertiary/aromatic N) is 1. The van der Waals surface area contributed by atoms with Gasteiger partial charge in [0.1, 0.15) is 0 Å². The van der Waals surface area contributed by atoms with E-state index in [1.54, 1.807) is 44.6 Å². The van der Waals surface area contributed by atoms with Gasteiger partial charge in [-0.15, -0.1) is 0 Å². The Kier molecular flexibility index (Phi) is 5.71. The number of aromatic nitrogens is 1. The molecule has 1 amide bonds. The van der Waals surface area contributed by atoms with Gasteiger partial charge in [0, 0.05) is 23.4 Å². The molecule has 148 valence electrons. The Bertz CT molecular complexity index is 1080. The predicted molar refractivity (Wildman–Crippen MR) is 110 cm³/mol. The summed E-state index contributed by atoms with van der Waals surface area (Å²) in [6, 6.07) is 9.79. The highest BCUT2D eigenvalue weighted by Crippen LogP contribution is 2.36. The fourth-order valence-electron chi connectivity index (χ4n) is 2.45. The fourth-order valence-corrected chi connectivity index (χ4v) is 3.96. The van der Waals surface area contributed by atoms with Gasteiger partial charge in [0.15, 0.2) is 16.6 Å². The van der Waals surface area contributed by atoms with Gasteiger partial charge in [-0.3, -0.25) is 14.8 Å². The number of anilines is 2. The smallest absolute Gasteiger partial charge is 0.257 e. The van der Waals surface area contributed by atoms with Crippen molar-refractivity contribution in [3.63, 3.8) is 0 Å². The molecule has 2 N–H and O–H groups in total. The molecule has 0 fully saturated rings. The molecular formula is C18H19N3O5S2. The van der Waals surface area contributed by atoms with Crippen molar-refractivity contribution in [1.82, 2.24) is 4.98 Å². The summed E-state index contributed by atoms with van der Waals surface area (Å²) in [7, 11) is -0.331. The summed E-state index contributed by atoms with van der Waals surface area (Å²) in [5.41, 5.74) is 1.31. The highest BCUT2D eigenvalue weighted by atomic mass is 32.2. The molecule has 0 saturated heterocycles. The highest BCUT2D eigenvalue weighted by Gasteiger charge is 2.14. The lowest BCUT2D eigenvalue weighted by atomic mass is 10.2. The molecule has 0 bridgehead atoms. The molecule has 8 nitrogen and oxygen atoms in total. The number of nitrogens with one attached hydrogen (secondary N) is 2. The summed E-state index contributed by atoms with van der Waals surface area (Å²) >= 11 is 1.30. The van der Waals surface area contributed by atoms with Crippen LogP contribution in [0.3, 0.4) is 0 Å². The van der Waals surface area contributed by atoms with Gasteiger partial charge in [-0.1, -0.05) is 17.4 Å². The number of hydrogen-bond acceptors (Lipinski definition) is 7. The van der Waals surface area contributed by atoms with Crippen LogP contribution < -0.4 is 19.5 Å². The van der Waals surface area contributed by atoms with E-state index in [0.29, 0.717) is 33.4 Å². The van der Waals surface area contributed by atoms with Gasteiger partial charge in [0.05, 0.1) is 30.2 Å². The third-order valence-corrected chi connectivity index (χ3v) is 6.13. The SMILES string of the molecule is CCS(=O)(=O)Nc1cccc(C(=O)Nc2nc3cc(OC)c(OC)cc3s2)c1. The summed E-state index contributed by atoms with van der Waals surface area (Å²) in [5.74, 6) is 0.680. The summed E-state index contributed by atoms with van der Waals surface area (Å²) in [4.78, 5) is 17.0. The molecule has 10 heteroatoms. The molecule has 1 heterocycles. The average Bonchev–Trinajstić information content (AvgIpc) is 3.07. The molecule has 0 atom stereocenters. The number of fused-ring (bicyclic) bond motifs is 1. The van der Waals surface area contributed by atoms with Gasteiger partial charge >= 0.3 is 0 Å². The maximum absolute atomic E-state index is 12.6. The predicted octanol–water partition coefficient (Wildman–Crippen LogP) is 3.33. The van der Waals surface area contributed by atoms with Crippen LogP contribution in [0, 0.1) is 0 Å². The first-order valence-electron chi connectivity index (χ1n) is 8.29. The maximum atomic E-state index is 12.6. The number of methoxy groups -OCH3 is 2. The normalized spacial score (nSPS) is 11.2. The quantitative estimate of drug-likeness (QED) is 0.606. The summed E-state index contributed by atoms with van der Waals surface area (Å²) in [6.07, 6.45) is 0. The van der Waals surface area contributed by atoms with Crippen LogP contribution in [0.4, 0.5) is 10.8 Å². The monoisotopic (exact) mass is 421 g/mol. The van der Waals surface area contributed by atoms with E-state index in [2.05, 4.69) is 15.0 Å². The van der Waals surface area contributed by atoms with Crippen molar-refractivity contribution < 1.29 is 22.7 Å². The Labute approximate surface area is 166 Å². The minimum absolute atomic E-state index is 0.0535. The molecule has 3 aromatic rings. The molecule has 0 unspecified atom stereocenters. The van der Waals surface area contributed by atoms with Gasteiger partial charge in [0.25, 0.3) is 5.91 Å². The number of thiazole rings is 1.